The van der Waals surface area contributed by atoms with Gasteiger partial charge in [0, 0.05) is 34.9 Å². The summed E-state index contributed by atoms with van der Waals surface area (Å²) in [6, 6.07) is 3.39. The van der Waals surface area contributed by atoms with Crippen molar-refractivity contribution in [3.05, 3.63) is 36.0 Å². The van der Waals surface area contributed by atoms with Gasteiger partial charge in [0.05, 0.1) is 17.3 Å². The standard InChI is InChI=1S/C20H20F4N4O/c1-11-27-16(14-10-26-15-6-7-25-17(9-21)19(14)15)8-18(28-11)29-13-4-2-12(3-5-13)20(22,23)24/h6-8,10,12-13,26H,2-5,9H2,1H3. The van der Waals surface area contributed by atoms with E-state index in [9.17, 15) is 17.6 Å². The van der Waals surface area contributed by atoms with Gasteiger partial charge >= 0.3 is 6.18 Å². The average molecular weight is 408 g/mol. The summed E-state index contributed by atoms with van der Waals surface area (Å²) in [6.07, 6.45) is -0.446. The lowest BCUT2D eigenvalue weighted by atomic mass is 9.87. The third-order valence-corrected chi connectivity index (χ3v) is 5.31. The Morgan fingerprint density at radius 3 is 2.62 bits per heavy atom. The smallest absolute Gasteiger partial charge is 0.391 e. The van der Waals surface area contributed by atoms with E-state index < -0.39 is 18.8 Å². The monoisotopic (exact) mass is 408 g/mol. The molecule has 1 aliphatic rings. The van der Waals surface area contributed by atoms with Crippen LogP contribution in [-0.4, -0.2) is 32.2 Å². The van der Waals surface area contributed by atoms with E-state index in [1.54, 1.807) is 25.3 Å². The normalized spacial score (nSPS) is 20.2. The number of nitrogens with one attached hydrogen (secondary N) is 1. The number of aromatic nitrogens is 4. The van der Waals surface area contributed by atoms with Crippen LogP contribution < -0.4 is 4.74 Å². The molecule has 9 heteroatoms. The maximum Gasteiger partial charge on any atom is 0.391 e. The molecule has 0 aromatic carbocycles. The lowest BCUT2D eigenvalue weighted by molar-refractivity contribution is -0.185. The van der Waals surface area contributed by atoms with E-state index in [-0.39, 0.29) is 18.9 Å². The summed E-state index contributed by atoms with van der Waals surface area (Å²) in [4.78, 5) is 15.9. The number of fused-ring (bicyclic) bond motifs is 1. The molecule has 0 saturated heterocycles. The van der Waals surface area contributed by atoms with Gasteiger partial charge in [0.25, 0.3) is 0 Å². The van der Waals surface area contributed by atoms with Crippen molar-refractivity contribution in [2.45, 2.75) is 51.6 Å². The number of pyridine rings is 1. The second-order valence-corrected chi connectivity index (χ2v) is 7.29. The van der Waals surface area contributed by atoms with E-state index in [4.69, 9.17) is 4.74 Å². The third-order valence-electron chi connectivity index (χ3n) is 5.31. The molecule has 0 bridgehead atoms. The van der Waals surface area contributed by atoms with Crippen molar-refractivity contribution in [3.8, 4) is 17.1 Å². The minimum Gasteiger partial charge on any atom is -0.474 e. The fourth-order valence-corrected chi connectivity index (χ4v) is 3.87. The van der Waals surface area contributed by atoms with E-state index in [1.807, 2.05) is 0 Å². The Hall–Kier alpha value is -2.71. The Bertz CT molecular complexity index is 1010. The highest BCUT2D eigenvalue weighted by Crippen LogP contribution is 2.38. The predicted octanol–water partition coefficient (Wildman–Crippen LogP) is 5.30. The van der Waals surface area contributed by atoms with E-state index in [0.717, 1.165) is 5.52 Å². The molecular formula is C20H20F4N4O. The number of hydrogen-bond donors (Lipinski definition) is 1. The topological polar surface area (TPSA) is 63.7 Å². The molecule has 29 heavy (non-hydrogen) atoms. The van der Waals surface area contributed by atoms with Crippen LogP contribution >= 0.6 is 0 Å². The molecule has 1 N–H and O–H groups in total. The number of H-pyrrole nitrogens is 1. The van der Waals surface area contributed by atoms with Gasteiger partial charge in [0.2, 0.25) is 5.88 Å². The first-order valence-electron chi connectivity index (χ1n) is 9.45. The summed E-state index contributed by atoms with van der Waals surface area (Å²) in [5, 5.41) is 0.643. The number of nitrogens with zero attached hydrogens (tertiary/aromatic N) is 3. The summed E-state index contributed by atoms with van der Waals surface area (Å²) in [6.45, 7) is 0.998. The number of aryl methyl sites for hydroxylation is 1. The molecule has 1 fully saturated rings. The van der Waals surface area contributed by atoms with Crippen LogP contribution in [0.2, 0.25) is 0 Å². The van der Waals surface area contributed by atoms with Crippen molar-refractivity contribution in [1.82, 2.24) is 19.9 Å². The van der Waals surface area contributed by atoms with E-state index in [2.05, 4.69) is 19.9 Å². The molecule has 0 radical (unpaired) electrons. The summed E-state index contributed by atoms with van der Waals surface area (Å²) >= 11 is 0. The summed E-state index contributed by atoms with van der Waals surface area (Å²) in [5.74, 6) is -0.493. The molecule has 0 aliphatic heterocycles. The minimum atomic E-state index is -4.15. The zero-order valence-electron chi connectivity index (χ0n) is 15.8. The highest BCUT2D eigenvalue weighted by atomic mass is 19.4. The van der Waals surface area contributed by atoms with Crippen LogP contribution in [-0.2, 0) is 6.67 Å². The molecule has 4 rings (SSSR count). The molecule has 3 heterocycles. The van der Waals surface area contributed by atoms with E-state index in [0.29, 0.717) is 46.9 Å². The van der Waals surface area contributed by atoms with E-state index in [1.165, 1.54) is 6.20 Å². The van der Waals surface area contributed by atoms with Gasteiger partial charge in [-0.15, -0.1) is 0 Å². The quantitative estimate of drug-likeness (QED) is 0.595. The Kier molecular flexibility index (Phi) is 5.14. The molecule has 3 aromatic rings. The zero-order chi connectivity index (χ0) is 20.6. The number of ether oxygens (including phenoxy) is 1. The van der Waals surface area contributed by atoms with Crippen LogP contribution in [0, 0.1) is 12.8 Å². The van der Waals surface area contributed by atoms with Gasteiger partial charge in [0.1, 0.15) is 18.6 Å². The lowest BCUT2D eigenvalue weighted by Crippen LogP contribution is -2.32. The van der Waals surface area contributed by atoms with Crippen molar-refractivity contribution in [1.29, 1.82) is 0 Å². The van der Waals surface area contributed by atoms with Crippen LogP contribution in [0.5, 0.6) is 5.88 Å². The molecule has 0 amide bonds. The van der Waals surface area contributed by atoms with Gasteiger partial charge in [-0.2, -0.15) is 18.2 Å². The van der Waals surface area contributed by atoms with Crippen molar-refractivity contribution in [2.75, 3.05) is 0 Å². The molecule has 3 aromatic heterocycles. The van der Waals surface area contributed by atoms with Crippen LogP contribution in [0.1, 0.15) is 37.2 Å². The zero-order valence-corrected chi connectivity index (χ0v) is 15.8. The third kappa shape index (κ3) is 4.04. The van der Waals surface area contributed by atoms with Gasteiger partial charge in [0.15, 0.2) is 0 Å². The summed E-state index contributed by atoms with van der Waals surface area (Å²) in [7, 11) is 0. The molecular weight excluding hydrogens is 388 g/mol. The number of halogens is 4. The Morgan fingerprint density at radius 2 is 1.93 bits per heavy atom. The first-order chi connectivity index (χ1) is 13.8. The van der Waals surface area contributed by atoms with Crippen LogP contribution in [0.25, 0.3) is 22.2 Å². The summed E-state index contributed by atoms with van der Waals surface area (Å²) in [5.41, 5.74) is 2.28. The first-order valence-corrected chi connectivity index (χ1v) is 9.45. The highest BCUT2D eigenvalue weighted by Gasteiger charge is 2.41. The Morgan fingerprint density at radius 1 is 1.17 bits per heavy atom. The molecule has 1 saturated carbocycles. The number of hydrogen-bond acceptors (Lipinski definition) is 4. The van der Waals surface area contributed by atoms with Crippen molar-refractivity contribution in [3.63, 3.8) is 0 Å². The lowest BCUT2D eigenvalue weighted by Gasteiger charge is -2.29. The fraction of sp³-hybridized carbons (Fsp3) is 0.450. The second kappa shape index (κ2) is 7.61. The van der Waals surface area contributed by atoms with Crippen LogP contribution in [0.4, 0.5) is 17.6 Å². The molecule has 5 nitrogen and oxygen atoms in total. The number of alkyl halides is 4. The van der Waals surface area contributed by atoms with Crippen LogP contribution in [0.15, 0.2) is 24.5 Å². The number of rotatable bonds is 4. The van der Waals surface area contributed by atoms with Gasteiger partial charge in [-0.25, -0.2) is 9.37 Å². The largest absolute Gasteiger partial charge is 0.474 e. The summed E-state index contributed by atoms with van der Waals surface area (Å²) < 4.78 is 57.8. The van der Waals surface area contributed by atoms with Gasteiger partial charge in [-0.1, -0.05) is 0 Å². The van der Waals surface area contributed by atoms with Gasteiger partial charge < -0.3 is 9.72 Å². The molecule has 0 atom stereocenters. The van der Waals surface area contributed by atoms with Crippen molar-refractivity contribution < 1.29 is 22.3 Å². The maximum absolute atomic E-state index is 13.4. The Labute approximate surface area is 164 Å². The van der Waals surface area contributed by atoms with Crippen molar-refractivity contribution >= 4 is 10.9 Å². The van der Waals surface area contributed by atoms with Crippen LogP contribution in [0.3, 0.4) is 0 Å². The Balaban J connectivity index is 1.58. The second-order valence-electron chi connectivity index (χ2n) is 7.29. The first kappa shape index (κ1) is 19.6. The molecule has 0 spiro atoms. The maximum atomic E-state index is 13.4. The SMILES string of the molecule is Cc1nc(OC2CCC(C(F)(F)F)CC2)cc(-c2c[nH]c3ccnc(CF)c23)n1. The van der Waals surface area contributed by atoms with E-state index >= 15 is 0 Å². The molecule has 1 aliphatic carbocycles. The predicted molar refractivity (Wildman–Crippen MR) is 99.1 cm³/mol. The van der Waals surface area contributed by atoms with Gasteiger partial charge in [-0.3, -0.25) is 4.98 Å². The molecule has 154 valence electrons. The van der Waals surface area contributed by atoms with Gasteiger partial charge in [-0.05, 0) is 38.7 Å². The minimum absolute atomic E-state index is 0.0546. The molecule has 0 unspecified atom stereocenters. The number of aromatic amines is 1. The average Bonchev–Trinajstić information content (AvgIpc) is 3.11. The highest BCUT2D eigenvalue weighted by molar-refractivity contribution is 5.96. The van der Waals surface area contributed by atoms with Crippen molar-refractivity contribution in [2.24, 2.45) is 5.92 Å². The fourth-order valence-electron chi connectivity index (χ4n) is 3.87.